The van der Waals surface area contributed by atoms with Gasteiger partial charge < -0.3 is 10.6 Å². The van der Waals surface area contributed by atoms with Crippen LogP contribution in [0.3, 0.4) is 0 Å². The summed E-state index contributed by atoms with van der Waals surface area (Å²) < 4.78 is 1.08. The summed E-state index contributed by atoms with van der Waals surface area (Å²) >= 11 is 3.50. The highest BCUT2D eigenvalue weighted by Crippen LogP contribution is 2.23. The molecular weight excluding hydrogens is 366 g/mol. The Hall–Kier alpha value is -1.88. The van der Waals surface area contributed by atoms with Gasteiger partial charge in [-0.25, -0.2) is 4.98 Å². The Labute approximate surface area is 151 Å². The number of rotatable bonds is 4. The molecule has 1 amide bonds. The van der Waals surface area contributed by atoms with Crippen LogP contribution >= 0.6 is 15.9 Å². The molecule has 1 saturated carbocycles. The molecule has 5 heteroatoms. The van der Waals surface area contributed by atoms with Crippen molar-refractivity contribution in [3.8, 4) is 0 Å². The van der Waals surface area contributed by atoms with Gasteiger partial charge in [0.25, 0.3) is 5.91 Å². The molecule has 0 aliphatic heterocycles. The Balaban J connectivity index is 1.61. The van der Waals surface area contributed by atoms with Crippen molar-refractivity contribution in [3.63, 3.8) is 0 Å². The molecule has 0 atom stereocenters. The minimum Gasteiger partial charge on any atom is -0.354 e. The van der Waals surface area contributed by atoms with Crippen LogP contribution in [0.4, 0.5) is 11.4 Å². The molecule has 126 valence electrons. The summed E-state index contributed by atoms with van der Waals surface area (Å²) in [5, 5.41) is 6.40. The number of nitrogens with zero attached hydrogens (tertiary/aromatic N) is 1. The number of halogens is 1. The van der Waals surface area contributed by atoms with Crippen molar-refractivity contribution in [1.82, 2.24) is 10.3 Å². The summed E-state index contributed by atoms with van der Waals surface area (Å²) in [4.78, 5) is 16.6. The quantitative estimate of drug-likeness (QED) is 0.779. The number of nitrogens with one attached hydrogen (secondary N) is 2. The smallest absolute Gasteiger partial charge is 0.270 e. The number of aromatic nitrogens is 1. The largest absolute Gasteiger partial charge is 0.354 e. The first-order chi connectivity index (χ1) is 11.6. The van der Waals surface area contributed by atoms with E-state index in [4.69, 9.17) is 0 Å². The Morgan fingerprint density at radius 2 is 1.88 bits per heavy atom. The average molecular weight is 388 g/mol. The zero-order chi connectivity index (χ0) is 16.9. The lowest BCUT2D eigenvalue weighted by atomic mass is 9.95. The molecule has 0 saturated heterocycles. The van der Waals surface area contributed by atoms with Gasteiger partial charge in [0.05, 0.1) is 11.9 Å². The molecule has 1 heterocycles. The van der Waals surface area contributed by atoms with Crippen molar-refractivity contribution in [2.45, 2.75) is 45.1 Å². The van der Waals surface area contributed by atoms with Crippen molar-refractivity contribution < 1.29 is 4.79 Å². The number of aryl methyl sites for hydroxylation is 1. The molecular formula is C19H22BrN3O. The maximum absolute atomic E-state index is 12.3. The Morgan fingerprint density at radius 3 is 2.54 bits per heavy atom. The van der Waals surface area contributed by atoms with Gasteiger partial charge >= 0.3 is 0 Å². The van der Waals surface area contributed by atoms with E-state index in [1.807, 2.05) is 25.1 Å². The number of hydrogen-bond donors (Lipinski definition) is 2. The number of benzene rings is 1. The maximum Gasteiger partial charge on any atom is 0.270 e. The highest BCUT2D eigenvalue weighted by Gasteiger charge is 2.17. The number of hydrogen-bond acceptors (Lipinski definition) is 3. The van der Waals surface area contributed by atoms with Gasteiger partial charge in [0, 0.05) is 16.2 Å². The first-order valence-corrected chi connectivity index (χ1v) is 9.21. The van der Waals surface area contributed by atoms with Gasteiger partial charge in [-0.15, -0.1) is 0 Å². The number of anilines is 2. The van der Waals surface area contributed by atoms with Crippen molar-refractivity contribution in [3.05, 3.63) is 52.3 Å². The predicted octanol–water partition coefficient (Wildman–Crippen LogP) is 4.96. The second-order valence-electron chi connectivity index (χ2n) is 6.33. The van der Waals surface area contributed by atoms with E-state index in [2.05, 4.69) is 37.6 Å². The van der Waals surface area contributed by atoms with E-state index in [-0.39, 0.29) is 5.91 Å². The summed E-state index contributed by atoms with van der Waals surface area (Å²) in [5.74, 6) is -0.0760. The molecule has 0 bridgehead atoms. The lowest BCUT2D eigenvalue weighted by molar-refractivity contribution is 0.0922. The zero-order valence-electron chi connectivity index (χ0n) is 13.8. The van der Waals surface area contributed by atoms with Crippen LogP contribution in [0.1, 0.15) is 48.2 Å². The molecule has 0 unspecified atom stereocenters. The topological polar surface area (TPSA) is 54.0 Å². The summed E-state index contributed by atoms with van der Waals surface area (Å²) in [7, 11) is 0. The molecule has 1 aromatic carbocycles. The van der Waals surface area contributed by atoms with Crippen molar-refractivity contribution in [2.75, 3.05) is 5.32 Å². The molecule has 2 N–H and O–H groups in total. The minimum atomic E-state index is -0.0760. The maximum atomic E-state index is 12.3. The lowest BCUT2D eigenvalue weighted by Crippen LogP contribution is -2.36. The van der Waals surface area contributed by atoms with E-state index in [1.54, 1.807) is 12.3 Å². The fourth-order valence-corrected chi connectivity index (χ4v) is 3.24. The van der Waals surface area contributed by atoms with Gasteiger partial charge in [0.2, 0.25) is 0 Å². The fourth-order valence-electron chi connectivity index (χ4n) is 3.00. The third-order valence-electron chi connectivity index (χ3n) is 4.38. The molecule has 1 aliphatic rings. The molecule has 1 fully saturated rings. The molecule has 4 nitrogen and oxygen atoms in total. The summed E-state index contributed by atoms with van der Waals surface area (Å²) in [6.07, 6.45) is 7.54. The van der Waals surface area contributed by atoms with Crippen molar-refractivity contribution >= 4 is 33.2 Å². The number of amides is 1. The van der Waals surface area contributed by atoms with Crippen molar-refractivity contribution in [2.24, 2.45) is 0 Å². The van der Waals surface area contributed by atoms with Crippen LogP contribution < -0.4 is 10.6 Å². The number of pyridine rings is 1. The SMILES string of the molecule is Cc1cc(Nc2ccc(C(=O)NC3CCCCC3)nc2)ccc1Br. The summed E-state index contributed by atoms with van der Waals surface area (Å²) in [5.41, 5.74) is 3.50. The summed E-state index contributed by atoms with van der Waals surface area (Å²) in [6, 6.07) is 10.0. The van der Waals surface area contributed by atoms with Gasteiger partial charge in [-0.2, -0.15) is 0 Å². The zero-order valence-corrected chi connectivity index (χ0v) is 15.4. The fraction of sp³-hybridized carbons (Fsp3) is 0.368. The molecule has 3 rings (SSSR count). The second kappa shape index (κ2) is 7.79. The third-order valence-corrected chi connectivity index (χ3v) is 5.27. The van der Waals surface area contributed by atoms with Crippen LogP contribution in [0.15, 0.2) is 41.0 Å². The Kier molecular flexibility index (Phi) is 5.51. The minimum absolute atomic E-state index is 0.0760. The molecule has 0 spiro atoms. The van der Waals surface area contributed by atoms with E-state index in [0.717, 1.165) is 34.3 Å². The first kappa shape index (κ1) is 17.0. The van der Waals surface area contributed by atoms with Crippen LogP contribution in [0.25, 0.3) is 0 Å². The molecule has 1 aliphatic carbocycles. The lowest BCUT2D eigenvalue weighted by Gasteiger charge is -2.22. The monoisotopic (exact) mass is 387 g/mol. The van der Waals surface area contributed by atoms with Gasteiger partial charge in [-0.05, 0) is 55.7 Å². The van der Waals surface area contributed by atoms with Crippen LogP contribution in [0, 0.1) is 6.92 Å². The number of carbonyl (C=O) groups is 1. The highest BCUT2D eigenvalue weighted by atomic mass is 79.9. The second-order valence-corrected chi connectivity index (χ2v) is 7.18. The molecule has 24 heavy (non-hydrogen) atoms. The third kappa shape index (κ3) is 4.35. The van der Waals surface area contributed by atoms with Crippen molar-refractivity contribution in [1.29, 1.82) is 0 Å². The van der Waals surface area contributed by atoms with E-state index in [1.165, 1.54) is 19.3 Å². The summed E-state index contributed by atoms with van der Waals surface area (Å²) in [6.45, 7) is 2.05. The van der Waals surface area contributed by atoms with Crippen LogP contribution in [0.2, 0.25) is 0 Å². The molecule has 1 aromatic heterocycles. The standard InChI is InChI=1S/C19H22BrN3O/c1-13-11-15(7-9-17(13)20)22-16-8-10-18(21-12-16)19(24)23-14-5-3-2-4-6-14/h7-12,14,22H,2-6H2,1H3,(H,23,24). The normalized spacial score (nSPS) is 15.1. The highest BCUT2D eigenvalue weighted by molar-refractivity contribution is 9.10. The Bertz CT molecular complexity index is 709. The van der Waals surface area contributed by atoms with Crippen LogP contribution in [-0.4, -0.2) is 16.9 Å². The van der Waals surface area contributed by atoms with E-state index < -0.39 is 0 Å². The first-order valence-electron chi connectivity index (χ1n) is 8.42. The van der Waals surface area contributed by atoms with Gasteiger partial charge in [0.1, 0.15) is 5.69 Å². The van der Waals surface area contributed by atoms with E-state index in [9.17, 15) is 4.79 Å². The molecule has 2 aromatic rings. The van der Waals surface area contributed by atoms with Crippen LogP contribution in [-0.2, 0) is 0 Å². The van der Waals surface area contributed by atoms with Gasteiger partial charge in [-0.1, -0.05) is 35.2 Å². The average Bonchev–Trinajstić information content (AvgIpc) is 2.60. The van der Waals surface area contributed by atoms with Crippen LogP contribution in [0.5, 0.6) is 0 Å². The van der Waals surface area contributed by atoms with E-state index in [0.29, 0.717) is 11.7 Å². The van der Waals surface area contributed by atoms with Gasteiger partial charge in [-0.3, -0.25) is 4.79 Å². The van der Waals surface area contributed by atoms with Gasteiger partial charge in [0.15, 0.2) is 0 Å². The molecule has 0 radical (unpaired) electrons. The predicted molar refractivity (Wildman–Crippen MR) is 101 cm³/mol. The Morgan fingerprint density at radius 1 is 1.12 bits per heavy atom. The van der Waals surface area contributed by atoms with E-state index >= 15 is 0 Å². The number of carbonyl (C=O) groups excluding carboxylic acids is 1.